The summed E-state index contributed by atoms with van der Waals surface area (Å²) in [6.45, 7) is 7.63. The predicted octanol–water partition coefficient (Wildman–Crippen LogP) is 0.690. The fraction of sp³-hybridized carbons (Fsp3) is 0.900. The Hall–Kier alpha value is -0.650. The molecule has 0 radical (unpaired) electrons. The number of carbonyl (C=O) groups is 1. The van der Waals surface area contributed by atoms with Crippen LogP contribution in [0.1, 0.15) is 28.6 Å². The van der Waals surface area contributed by atoms with Crippen LogP contribution in [0, 0.1) is 5.92 Å². The van der Waals surface area contributed by atoms with E-state index in [1.165, 1.54) is 0 Å². The molecule has 0 aliphatic heterocycles. The SMILES string of the molecule is CC(C)CCOCCNC(=O)C(C)ON.[HH]. The Morgan fingerprint density at radius 2 is 2.07 bits per heavy atom. The van der Waals surface area contributed by atoms with Crippen molar-refractivity contribution in [3.8, 4) is 0 Å². The van der Waals surface area contributed by atoms with Crippen molar-refractivity contribution in [1.29, 1.82) is 0 Å². The summed E-state index contributed by atoms with van der Waals surface area (Å²) in [6.07, 6.45) is 0.427. The van der Waals surface area contributed by atoms with Crippen LogP contribution >= 0.6 is 0 Å². The summed E-state index contributed by atoms with van der Waals surface area (Å²) in [4.78, 5) is 15.5. The molecule has 0 aliphatic rings. The number of nitrogens with two attached hydrogens (primary N) is 1. The first-order valence-electron chi connectivity index (χ1n) is 5.29. The average molecular weight is 220 g/mol. The summed E-state index contributed by atoms with van der Waals surface area (Å²) in [5, 5.41) is 2.65. The maximum Gasteiger partial charge on any atom is 0.251 e. The van der Waals surface area contributed by atoms with E-state index in [4.69, 9.17) is 10.6 Å². The van der Waals surface area contributed by atoms with E-state index in [2.05, 4.69) is 24.0 Å². The minimum absolute atomic E-state index is 0. The van der Waals surface area contributed by atoms with Crippen molar-refractivity contribution in [3.05, 3.63) is 0 Å². The van der Waals surface area contributed by atoms with Crippen LogP contribution in [0.2, 0.25) is 0 Å². The predicted molar refractivity (Wildman–Crippen MR) is 60.1 cm³/mol. The highest BCUT2D eigenvalue weighted by Crippen LogP contribution is 1.98. The molecule has 0 aliphatic carbocycles. The summed E-state index contributed by atoms with van der Waals surface area (Å²) in [5.41, 5.74) is 0. The van der Waals surface area contributed by atoms with Crippen molar-refractivity contribution in [1.82, 2.24) is 5.32 Å². The molecule has 0 fully saturated rings. The third-order valence-corrected chi connectivity index (χ3v) is 1.96. The molecule has 1 atom stereocenters. The Morgan fingerprint density at radius 3 is 2.60 bits per heavy atom. The first kappa shape index (κ1) is 14.3. The molecule has 15 heavy (non-hydrogen) atoms. The Balaban J connectivity index is 0. The van der Waals surface area contributed by atoms with Crippen molar-refractivity contribution < 1.29 is 15.8 Å². The van der Waals surface area contributed by atoms with Crippen LogP contribution in [0.5, 0.6) is 0 Å². The molecule has 3 N–H and O–H groups in total. The molecule has 0 aromatic heterocycles. The normalized spacial score (nSPS) is 12.9. The minimum Gasteiger partial charge on any atom is -0.380 e. The van der Waals surface area contributed by atoms with Gasteiger partial charge in [0, 0.05) is 14.6 Å². The quantitative estimate of drug-likeness (QED) is 0.466. The van der Waals surface area contributed by atoms with Gasteiger partial charge in [-0.25, -0.2) is 5.90 Å². The molecule has 0 bridgehead atoms. The highest BCUT2D eigenvalue weighted by molar-refractivity contribution is 5.80. The molecule has 0 aromatic carbocycles. The van der Waals surface area contributed by atoms with E-state index in [9.17, 15) is 4.79 Å². The summed E-state index contributed by atoms with van der Waals surface area (Å²) in [5.74, 6) is 5.29. The van der Waals surface area contributed by atoms with Crippen molar-refractivity contribution in [2.24, 2.45) is 11.8 Å². The third-order valence-electron chi connectivity index (χ3n) is 1.96. The lowest BCUT2D eigenvalue weighted by atomic mass is 10.1. The fourth-order valence-electron chi connectivity index (χ4n) is 0.873. The number of hydrogen-bond acceptors (Lipinski definition) is 4. The summed E-state index contributed by atoms with van der Waals surface area (Å²) >= 11 is 0. The van der Waals surface area contributed by atoms with E-state index in [0.717, 1.165) is 13.0 Å². The Bertz CT molecular complexity index is 179. The highest BCUT2D eigenvalue weighted by Gasteiger charge is 2.10. The van der Waals surface area contributed by atoms with Crippen LogP contribution in [-0.2, 0) is 14.4 Å². The molecule has 0 saturated carbocycles. The van der Waals surface area contributed by atoms with Crippen LogP contribution < -0.4 is 11.2 Å². The van der Waals surface area contributed by atoms with E-state index in [-0.39, 0.29) is 7.33 Å². The molecular formula is C10H24N2O3. The number of hydrogen-bond donors (Lipinski definition) is 2. The third kappa shape index (κ3) is 8.35. The van der Waals surface area contributed by atoms with Crippen LogP contribution in [0.4, 0.5) is 0 Å². The van der Waals surface area contributed by atoms with Gasteiger partial charge >= 0.3 is 0 Å². The molecule has 5 nitrogen and oxygen atoms in total. The second-order valence-electron chi connectivity index (χ2n) is 3.86. The van der Waals surface area contributed by atoms with Gasteiger partial charge in [0.15, 0.2) is 6.10 Å². The van der Waals surface area contributed by atoms with Gasteiger partial charge in [0.1, 0.15) is 0 Å². The zero-order valence-electron chi connectivity index (χ0n) is 9.79. The van der Waals surface area contributed by atoms with Crippen LogP contribution in [-0.4, -0.2) is 31.8 Å². The van der Waals surface area contributed by atoms with E-state index < -0.39 is 6.10 Å². The Morgan fingerprint density at radius 1 is 1.40 bits per heavy atom. The Kier molecular flexibility index (Phi) is 8.27. The fourth-order valence-corrected chi connectivity index (χ4v) is 0.873. The first-order valence-corrected chi connectivity index (χ1v) is 5.29. The molecule has 5 heteroatoms. The topological polar surface area (TPSA) is 73.6 Å². The number of rotatable bonds is 8. The van der Waals surface area contributed by atoms with Gasteiger partial charge in [-0.1, -0.05) is 13.8 Å². The van der Waals surface area contributed by atoms with Crippen molar-refractivity contribution >= 4 is 5.91 Å². The Labute approximate surface area is 92.7 Å². The average Bonchev–Trinajstić information content (AvgIpc) is 2.21. The van der Waals surface area contributed by atoms with E-state index in [1.807, 2.05) is 0 Å². The van der Waals surface area contributed by atoms with E-state index >= 15 is 0 Å². The van der Waals surface area contributed by atoms with Gasteiger partial charge in [-0.2, -0.15) is 0 Å². The monoisotopic (exact) mass is 220 g/mol. The second-order valence-corrected chi connectivity index (χ2v) is 3.86. The minimum atomic E-state index is -0.610. The molecule has 0 rings (SSSR count). The zero-order valence-corrected chi connectivity index (χ0v) is 9.79. The number of amides is 1. The molecule has 0 aromatic rings. The molecule has 1 unspecified atom stereocenters. The number of ether oxygens (including phenoxy) is 1. The summed E-state index contributed by atoms with van der Waals surface area (Å²) < 4.78 is 5.32. The maximum absolute atomic E-state index is 11.1. The molecule has 1 amide bonds. The molecular weight excluding hydrogens is 196 g/mol. The van der Waals surface area contributed by atoms with Gasteiger partial charge < -0.3 is 10.1 Å². The lowest BCUT2D eigenvalue weighted by molar-refractivity contribution is -0.132. The van der Waals surface area contributed by atoms with Crippen LogP contribution in [0.25, 0.3) is 0 Å². The summed E-state index contributed by atoms with van der Waals surface area (Å²) in [6, 6.07) is 0. The smallest absolute Gasteiger partial charge is 0.251 e. The van der Waals surface area contributed by atoms with E-state index in [0.29, 0.717) is 19.1 Å². The van der Waals surface area contributed by atoms with Gasteiger partial charge in [0.2, 0.25) is 0 Å². The molecule has 0 heterocycles. The summed E-state index contributed by atoms with van der Waals surface area (Å²) in [7, 11) is 0. The van der Waals surface area contributed by atoms with Gasteiger partial charge in [-0.15, -0.1) is 0 Å². The van der Waals surface area contributed by atoms with Crippen LogP contribution in [0.15, 0.2) is 0 Å². The van der Waals surface area contributed by atoms with Gasteiger partial charge in [-0.05, 0) is 19.3 Å². The van der Waals surface area contributed by atoms with Gasteiger partial charge in [0.05, 0.1) is 6.61 Å². The van der Waals surface area contributed by atoms with Gasteiger partial charge in [-0.3, -0.25) is 9.63 Å². The standard InChI is InChI=1S/C10H22N2O3.H2/c1-8(2)4-6-14-7-5-12-10(13)9(3)15-11;/h8-9H,4-7,11H2,1-3H3,(H,12,13);1H. The zero-order chi connectivity index (χ0) is 11.7. The van der Waals surface area contributed by atoms with E-state index in [1.54, 1.807) is 6.92 Å². The molecule has 0 saturated heterocycles. The lowest BCUT2D eigenvalue weighted by Crippen LogP contribution is -2.37. The maximum atomic E-state index is 11.1. The largest absolute Gasteiger partial charge is 0.380 e. The number of nitrogens with one attached hydrogen (secondary N) is 1. The van der Waals surface area contributed by atoms with Gasteiger partial charge in [0.25, 0.3) is 5.91 Å². The molecule has 0 spiro atoms. The molecule has 92 valence electrons. The van der Waals surface area contributed by atoms with Crippen molar-refractivity contribution in [2.75, 3.05) is 19.8 Å². The number of carbonyl (C=O) groups excluding carboxylic acids is 1. The first-order chi connectivity index (χ1) is 7.07. The van der Waals surface area contributed by atoms with Crippen LogP contribution in [0.3, 0.4) is 0 Å². The van der Waals surface area contributed by atoms with Crippen molar-refractivity contribution in [3.63, 3.8) is 0 Å². The second kappa shape index (κ2) is 8.64. The lowest BCUT2D eigenvalue weighted by Gasteiger charge is -2.10. The highest BCUT2D eigenvalue weighted by atomic mass is 16.6. The van der Waals surface area contributed by atoms with Crippen molar-refractivity contribution in [2.45, 2.75) is 33.3 Å².